The van der Waals surface area contributed by atoms with Crippen molar-refractivity contribution in [3.63, 3.8) is 0 Å². The molecule has 0 spiro atoms. The van der Waals surface area contributed by atoms with E-state index in [4.69, 9.17) is 4.74 Å². The summed E-state index contributed by atoms with van der Waals surface area (Å²) in [5, 5.41) is 0. The van der Waals surface area contributed by atoms with Gasteiger partial charge in [0.25, 0.3) is 0 Å². The van der Waals surface area contributed by atoms with E-state index in [2.05, 4.69) is 32.4 Å². The molecule has 0 saturated heterocycles. The second kappa shape index (κ2) is 7.46. The Morgan fingerprint density at radius 1 is 1.40 bits per heavy atom. The lowest BCUT2D eigenvalue weighted by molar-refractivity contribution is -0.139. The molecule has 88 valence electrons. The normalized spacial score (nSPS) is 10.8. The molecule has 0 fully saturated rings. The summed E-state index contributed by atoms with van der Waals surface area (Å²) < 4.78 is 4.99. The van der Waals surface area contributed by atoms with E-state index in [1.54, 1.807) is 6.92 Å². The van der Waals surface area contributed by atoms with Crippen LogP contribution < -0.4 is 0 Å². The number of carbonyl (C=O) groups excluding carboxylic acids is 1. The lowest BCUT2D eigenvalue weighted by atomic mass is 10.2. The van der Waals surface area contributed by atoms with E-state index in [-0.39, 0.29) is 5.97 Å². The van der Waals surface area contributed by atoms with Crippen molar-refractivity contribution < 1.29 is 9.53 Å². The van der Waals surface area contributed by atoms with Crippen molar-refractivity contribution in [3.05, 3.63) is 12.2 Å². The van der Waals surface area contributed by atoms with Crippen LogP contribution in [0.25, 0.3) is 0 Å². The van der Waals surface area contributed by atoms with Crippen LogP contribution in [0, 0.1) is 0 Å². The molecule has 0 saturated carbocycles. The Kier molecular flexibility index (Phi) is 7.05. The fraction of sp³-hybridized carbons (Fsp3) is 0.750. The van der Waals surface area contributed by atoms with Crippen LogP contribution >= 0.6 is 0 Å². The quantitative estimate of drug-likeness (QED) is 0.369. The predicted octanol–water partition coefficient (Wildman–Crippen LogP) is 2.23. The molecule has 0 aromatic heterocycles. The van der Waals surface area contributed by atoms with Gasteiger partial charge in [0.05, 0.1) is 6.61 Å². The van der Waals surface area contributed by atoms with Gasteiger partial charge in [-0.3, -0.25) is 0 Å². The SMILES string of the molecule is C=C(C)C(=O)OCCCCN(C)C(C)C. The van der Waals surface area contributed by atoms with Crippen LogP contribution in [0.15, 0.2) is 12.2 Å². The van der Waals surface area contributed by atoms with Gasteiger partial charge in [0.2, 0.25) is 0 Å². The maximum absolute atomic E-state index is 11.0. The third-order valence-corrected chi connectivity index (χ3v) is 2.37. The van der Waals surface area contributed by atoms with Crippen molar-refractivity contribution in [2.45, 2.75) is 39.7 Å². The largest absolute Gasteiger partial charge is 0.462 e. The number of ether oxygens (including phenoxy) is 1. The molecule has 0 aliphatic heterocycles. The Morgan fingerprint density at radius 2 is 2.00 bits per heavy atom. The van der Waals surface area contributed by atoms with Crippen molar-refractivity contribution in [2.24, 2.45) is 0 Å². The molecule has 15 heavy (non-hydrogen) atoms. The monoisotopic (exact) mass is 213 g/mol. The molecule has 3 heteroatoms. The molecule has 0 rings (SSSR count). The molecule has 0 radical (unpaired) electrons. The Bertz CT molecular complexity index is 212. The first-order valence-corrected chi connectivity index (χ1v) is 5.48. The molecule has 0 bridgehead atoms. The number of unbranched alkanes of at least 4 members (excludes halogenated alkanes) is 1. The molecular formula is C12H23NO2. The van der Waals surface area contributed by atoms with Gasteiger partial charge in [0.15, 0.2) is 0 Å². The standard InChI is InChI=1S/C12H23NO2/c1-10(2)12(14)15-9-7-6-8-13(5)11(3)4/h11H,1,6-9H2,2-5H3. The van der Waals surface area contributed by atoms with Crippen LogP contribution in [-0.4, -0.2) is 37.1 Å². The van der Waals surface area contributed by atoms with E-state index in [1.807, 2.05) is 0 Å². The number of esters is 1. The molecule has 0 aromatic rings. The first-order chi connectivity index (χ1) is 6.95. The van der Waals surface area contributed by atoms with Gasteiger partial charge in [-0.2, -0.15) is 0 Å². The summed E-state index contributed by atoms with van der Waals surface area (Å²) in [6.45, 7) is 11.1. The lowest BCUT2D eigenvalue weighted by Crippen LogP contribution is -2.27. The minimum Gasteiger partial charge on any atom is -0.462 e. The highest BCUT2D eigenvalue weighted by Gasteiger charge is 2.04. The molecule has 0 amide bonds. The maximum Gasteiger partial charge on any atom is 0.333 e. The fourth-order valence-electron chi connectivity index (χ4n) is 1.01. The van der Waals surface area contributed by atoms with Crippen LogP contribution in [0.5, 0.6) is 0 Å². The molecule has 0 aliphatic carbocycles. The van der Waals surface area contributed by atoms with Crippen molar-refractivity contribution >= 4 is 5.97 Å². The summed E-state index contributed by atoms with van der Waals surface area (Å²) in [6.07, 6.45) is 1.97. The van der Waals surface area contributed by atoms with E-state index in [1.165, 1.54) is 0 Å². The third kappa shape index (κ3) is 7.14. The summed E-state index contributed by atoms with van der Waals surface area (Å²) in [5.41, 5.74) is 0.467. The first-order valence-electron chi connectivity index (χ1n) is 5.48. The summed E-state index contributed by atoms with van der Waals surface area (Å²) >= 11 is 0. The van der Waals surface area contributed by atoms with Crippen LogP contribution in [-0.2, 0) is 9.53 Å². The number of nitrogens with zero attached hydrogens (tertiary/aromatic N) is 1. The van der Waals surface area contributed by atoms with Crippen molar-refractivity contribution in [1.82, 2.24) is 4.90 Å². The average molecular weight is 213 g/mol. The topological polar surface area (TPSA) is 29.5 Å². The Balaban J connectivity index is 3.40. The zero-order valence-corrected chi connectivity index (χ0v) is 10.4. The number of hydrogen-bond acceptors (Lipinski definition) is 3. The summed E-state index contributed by atoms with van der Waals surface area (Å²) in [5.74, 6) is -0.285. The number of hydrogen-bond donors (Lipinski definition) is 0. The highest BCUT2D eigenvalue weighted by atomic mass is 16.5. The molecule has 0 heterocycles. The van der Waals surface area contributed by atoms with Gasteiger partial charge in [-0.05, 0) is 47.2 Å². The van der Waals surface area contributed by atoms with Crippen molar-refractivity contribution in [1.29, 1.82) is 0 Å². The van der Waals surface area contributed by atoms with E-state index in [9.17, 15) is 4.79 Å². The second-order valence-electron chi connectivity index (χ2n) is 4.20. The van der Waals surface area contributed by atoms with Crippen LogP contribution in [0.1, 0.15) is 33.6 Å². The molecule has 0 N–H and O–H groups in total. The van der Waals surface area contributed by atoms with Crippen molar-refractivity contribution in [2.75, 3.05) is 20.2 Å². The van der Waals surface area contributed by atoms with Crippen LogP contribution in [0.3, 0.4) is 0 Å². The van der Waals surface area contributed by atoms with E-state index < -0.39 is 0 Å². The van der Waals surface area contributed by atoms with E-state index in [0.29, 0.717) is 18.2 Å². The number of rotatable bonds is 7. The van der Waals surface area contributed by atoms with Gasteiger partial charge in [-0.15, -0.1) is 0 Å². The van der Waals surface area contributed by atoms with Gasteiger partial charge >= 0.3 is 5.97 Å². The minimum absolute atomic E-state index is 0.285. The molecule has 0 aromatic carbocycles. The lowest BCUT2D eigenvalue weighted by Gasteiger charge is -2.20. The molecule has 0 atom stereocenters. The summed E-state index contributed by atoms with van der Waals surface area (Å²) in [4.78, 5) is 13.3. The van der Waals surface area contributed by atoms with E-state index in [0.717, 1.165) is 19.4 Å². The Hall–Kier alpha value is -0.830. The average Bonchev–Trinajstić information content (AvgIpc) is 2.16. The Morgan fingerprint density at radius 3 is 2.47 bits per heavy atom. The summed E-state index contributed by atoms with van der Waals surface area (Å²) in [7, 11) is 2.10. The smallest absolute Gasteiger partial charge is 0.333 e. The zero-order chi connectivity index (χ0) is 11.8. The van der Waals surface area contributed by atoms with Crippen molar-refractivity contribution in [3.8, 4) is 0 Å². The molecule has 0 unspecified atom stereocenters. The zero-order valence-electron chi connectivity index (χ0n) is 10.4. The van der Waals surface area contributed by atoms with Gasteiger partial charge in [0, 0.05) is 11.6 Å². The minimum atomic E-state index is -0.285. The first kappa shape index (κ1) is 14.2. The Labute approximate surface area is 93.1 Å². The maximum atomic E-state index is 11.0. The van der Waals surface area contributed by atoms with Gasteiger partial charge in [0.1, 0.15) is 0 Å². The summed E-state index contributed by atoms with van der Waals surface area (Å²) in [6, 6.07) is 0.572. The molecule has 0 aliphatic rings. The third-order valence-electron chi connectivity index (χ3n) is 2.37. The van der Waals surface area contributed by atoms with Gasteiger partial charge < -0.3 is 9.64 Å². The second-order valence-corrected chi connectivity index (χ2v) is 4.20. The highest BCUT2D eigenvalue weighted by Crippen LogP contribution is 1.99. The molecular weight excluding hydrogens is 190 g/mol. The predicted molar refractivity (Wildman–Crippen MR) is 62.8 cm³/mol. The van der Waals surface area contributed by atoms with Crippen LogP contribution in [0.2, 0.25) is 0 Å². The highest BCUT2D eigenvalue weighted by molar-refractivity contribution is 5.86. The number of carbonyl (C=O) groups is 1. The van der Waals surface area contributed by atoms with Gasteiger partial charge in [-0.25, -0.2) is 4.79 Å². The van der Waals surface area contributed by atoms with Crippen LogP contribution in [0.4, 0.5) is 0 Å². The molecule has 3 nitrogen and oxygen atoms in total. The van der Waals surface area contributed by atoms with Gasteiger partial charge in [-0.1, -0.05) is 6.58 Å². The van der Waals surface area contributed by atoms with E-state index >= 15 is 0 Å². The fourth-order valence-corrected chi connectivity index (χ4v) is 1.01.